The highest BCUT2D eigenvalue weighted by atomic mass is 16.1. The lowest BCUT2D eigenvalue weighted by Gasteiger charge is -2.40. The van der Waals surface area contributed by atoms with Crippen LogP contribution in [0.25, 0.3) is 0 Å². The van der Waals surface area contributed by atoms with Gasteiger partial charge in [-0.25, -0.2) is 0 Å². The molecule has 0 aliphatic heterocycles. The van der Waals surface area contributed by atoms with Gasteiger partial charge >= 0.3 is 0 Å². The largest absolute Gasteiger partial charge is 0.368 e. The fourth-order valence-electron chi connectivity index (χ4n) is 2.17. The van der Waals surface area contributed by atoms with Crippen LogP contribution in [-0.4, -0.2) is 42.0 Å². The molecule has 0 saturated heterocycles. The molecule has 1 fully saturated rings. The molecule has 106 valence electrons. The van der Waals surface area contributed by atoms with Crippen molar-refractivity contribution in [1.82, 2.24) is 10.2 Å². The third-order valence-corrected chi connectivity index (χ3v) is 4.12. The summed E-state index contributed by atoms with van der Waals surface area (Å²) >= 11 is 0. The Hall–Kier alpha value is -0.610. The first-order valence-electron chi connectivity index (χ1n) is 6.84. The Morgan fingerprint density at radius 2 is 1.89 bits per heavy atom. The average molecular weight is 255 g/mol. The Bertz CT molecular complexity index is 307. The highest BCUT2D eigenvalue weighted by Crippen LogP contribution is 2.26. The molecule has 18 heavy (non-hydrogen) atoms. The second-order valence-electron chi connectivity index (χ2n) is 7.07. The van der Waals surface area contributed by atoms with Crippen LogP contribution in [0.4, 0.5) is 0 Å². The Balaban J connectivity index is 2.68. The molecule has 0 bridgehead atoms. The van der Waals surface area contributed by atoms with Gasteiger partial charge in [0.25, 0.3) is 0 Å². The number of nitrogens with two attached hydrogens (primary N) is 1. The number of likely N-dealkylation sites (N-methyl/N-ethyl adjacent to an activating group) is 1. The van der Waals surface area contributed by atoms with Crippen LogP contribution in [0.5, 0.6) is 0 Å². The maximum atomic E-state index is 11.7. The van der Waals surface area contributed by atoms with Crippen molar-refractivity contribution in [3.63, 3.8) is 0 Å². The summed E-state index contributed by atoms with van der Waals surface area (Å²) in [5.41, 5.74) is 5.13. The van der Waals surface area contributed by atoms with E-state index < -0.39 is 5.54 Å². The fourth-order valence-corrected chi connectivity index (χ4v) is 2.17. The van der Waals surface area contributed by atoms with Gasteiger partial charge in [-0.05, 0) is 39.2 Å². The van der Waals surface area contributed by atoms with E-state index in [1.807, 2.05) is 6.92 Å². The smallest absolute Gasteiger partial charge is 0.238 e. The lowest BCUT2D eigenvalue weighted by atomic mass is 9.86. The molecule has 1 saturated carbocycles. The van der Waals surface area contributed by atoms with E-state index in [9.17, 15) is 4.79 Å². The summed E-state index contributed by atoms with van der Waals surface area (Å²) < 4.78 is 0. The molecule has 3 N–H and O–H groups in total. The van der Waals surface area contributed by atoms with E-state index in [1.54, 1.807) is 0 Å². The minimum Gasteiger partial charge on any atom is -0.368 e. The first kappa shape index (κ1) is 15.4. The molecule has 2 unspecified atom stereocenters. The molecule has 0 aromatic carbocycles. The summed E-state index contributed by atoms with van der Waals surface area (Å²) in [6.45, 7) is 11.4. The zero-order valence-corrected chi connectivity index (χ0v) is 12.7. The quantitative estimate of drug-likeness (QED) is 0.753. The van der Waals surface area contributed by atoms with Crippen LogP contribution in [0.2, 0.25) is 0 Å². The number of nitrogens with one attached hydrogen (secondary N) is 1. The molecule has 4 nitrogen and oxygen atoms in total. The van der Waals surface area contributed by atoms with Crippen LogP contribution in [0.1, 0.15) is 47.5 Å². The van der Waals surface area contributed by atoms with Crippen molar-refractivity contribution >= 4 is 5.91 Å². The Kier molecular flexibility index (Phi) is 4.44. The summed E-state index contributed by atoms with van der Waals surface area (Å²) in [5.74, 6) is -0.262. The average Bonchev–Trinajstić information content (AvgIpc) is 2.98. The summed E-state index contributed by atoms with van der Waals surface area (Å²) in [5, 5.41) is 3.39. The van der Waals surface area contributed by atoms with Crippen molar-refractivity contribution < 1.29 is 4.79 Å². The van der Waals surface area contributed by atoms with E-state index in [1.165, 1.54) is 0 Å². The van der Waals surface area contributed by atoms with Gasteiger partial charge in [0, 0.05) is 18.6 Å². The van der Waals surface area contributed by atoms with Crippen LogP contribution in [-0.2, 0) is 4.79 Å². The first-order chi connectivity index (χ1) is 8.06. The van der Waals surface area contributed by atoms with E-state index in [0.29, 0.717) is 18.6 Å². The number of carbonyl (C=O) groups excluding carboxylic acids is 1. The summed E-state index contributed by atoms with van der Waals surface area (Å²) in [7, 11) is 2.06. The second kappa shape index (κ2) is 5.17. The van der Waals surface area contributed by atoms with Crippen LogP contribution >= 0.6 is 0 Å². The number of hydrogen-bond donors (Lipinski definition) is 2. The predicted molar refractivity (Wildman–Crippen MR) is 75.3 cm³/mol. The Morgan fingerprint density at radius 3 is 2.22 bits per heavy atom. The van der Waals surface area contributed by atoms with E-state index in [2.05, 4.69) is 45.0 Å². The third-order valence-electron chi connectivity index (χ3n) is 4.12. The van der Waals surface area contributed by atoms with Crippen molar-refractivity contribution in [2.75, 3.05) is 13.6 Å². The van der Waals surface area contributed by atoms with E-state index in [-0.39, 0.29) is 11.3 Å². The molecule has 0 aromatic heterocycles. The highest BCUT2D eigenvalue weighted by Gasteiger charge is 2.39. The van der Waals surface area contributed by atoms with Crippen molar-refractivity contribution in [3.05, 3.63) is 0 Å². The van der Waals surface area contributed by atoms with Gasteiger partial charge in [0.2, 0.25) is 5.91 Å². The third kappa shape index (κ3) is 3.95. The summed E-state index contributed by atoms with van der Waals surface area (Å²) in [6, 6.07) is 0.859. The van der Waals surface area contributed by atoms with E-state index >= 15 is 0 Å². The molecule has 0 spiro atoms. The van der Waals surface area contributed by atoms with E-state index in [4.69, 9.17) is 5.73 Å². The normalized spacial score (nSPS) is 21.7. The van der Waals surface area contributed by atoms with Crippen molar-refractivity contribution in [3.8, 4) is 0 Å². The van der Waals surface area contributed by atoms with Crippen LogP contribution in [0, 0.1) is 5.41 Å². The van der Waals surface area contributed by atoms with Crippen molar-refractivity contribution in [2.45, 2.75) is 65.1 Å². The monoisotopic (exact) mass is 255 g/mol. The number of carbonyl (C=O) groups is 1. The summed E-state index contributed by atoms with van der Waals surface area (Å²) in [4.78, 5) is 13.9. The standard InChI is InChI=1S/C14H29N3O/c1-10(13(2,3)4)17(6)9-14(5,12(15)18)16-11-7-8-11/h10-11,16H,7-9H2,1-6H3,(H2,15,18). The molecule has 1 aliphatic rings. The number of hydrogen-bond acceptors (Lipinski definition) is 3. The van der Waals surface area contributed by atoms with E-state index in [0.717, 1.165) is 12.8 Å². The lowest BCUT2D eigenvalue weighted by Crippen LogP contribution is -2.61. The molecule has 1 aliphatic carbocycles. The highest BCUT2D eigenvalue weighted by molar-refractivity contribution is 5.84. The van der Waals surface area contributed by atoms with Gasteiger partial charge in [-0.2, -0.15) is 0 Å². The first-order valence-corrected chi connectivity index (χ1v) is 6.84. The van der Waals surface area contributed by atoms with Crippen LogP contribution < -0.4 is 11.1 Å². The van der Waals surface area contributed by atoms with Gasteiger partial charge in [-0.3, -0.25) is 10.1 Å². The topological polar surface area (TPSA) is 58.4 Å². The molecule has 0 aromatic rings. The Labute approximate surface area is 111 Å². The SMILES string of the molecule is CC(N(C)CC(C)(NC1CC1)C(N)=O)C(C)(C)C. The molecule has 0 heterocycles. The molecule has 2 atom stereocenters. The van der Waals surface area contributed by atoms with Gasteiger partial charge in [-0.15, -0.1) is 0 Å². The predicted octanol–water partition coefficient (Wildman–Crippen LogP) is 1.35. The minimum atomic E-state index is -0.630. The maximum Gasteiger partial charge on any atom is 0.238 e. The zero-order valence-electron chi connectivity index (χ0n) is 12.7. The number of amides is 1. The van der Waals surface area contributed by atoms with Crippen molar-refractivity contribution in [2.24, 2.45) is 11.1 Å². The summed E-state index contributed by atoms with van der Waals surface area (Å²) in [6.07, 6.45) is 2.31. The van der Waals surface area contributed by atoms with Gasteiger partial charge < -0.3 is 10.6 Å². The van der Waals surface area contributed by atoms with Gasteiger partial charge in [0.15, 0.2) is 0 Å². The molecule has 4 heteroatoms. The zero-order chi connectivity index (χ0) is 14.1. The molecular weight excluding hydrogens is 226 g/mol. The fraction of sp³-hybridized carbons (Fsp3) is 0.929. The number of rotatable bonds is 6. The second-order valence-corrected chi connectivity index (χ2v) is 7.07. The Morgan fingerprint density at radius 1 is 1.39 bits per heavy atom. The van der Waals surface area contributed by atoms with Gasteiger partial charge in [0.1, 0.15) is 5.54 Å². The lowest BCUT2D eigenvalue weighted by molar-refractivity contribution is -0.125. The maximum absolute atomic E-state index is 11.7. The van der Waals surface area contributed by atoms with Gasteiger partial charge in [0.05, 0.1) is 0 Å². The van der Waals surface area contributed by atoms with Crippen molar-refractivity contribution in [1.29, 1.82) is 0 Å². The molecule has 1 rings (SSSR count). The molecule has 1 amide bonds. The molecule has 0 radical (unpaired) electrons. The van der Waals surface area contributed by atoms with Crippen LogP contribution in [0.3, 0.4) is 0 Å². The number of nitrogens with zero attached hydrogens (tertiary/aromatic N) is 1. The minimum absolute atomic E-state index is 0.187. The van der Waals surface area contributed by atoms with Crippen LogP contribution in [0.15, 0.2) is 0 Å². The number of primary amides is 1. The van der Waals surface area contributed by atoms with Gasteiger partial charge in [-0.1, -0.05) is 20.8 Å². The molecular formula is C14H29N3O.